The van der Waals surface area contributed by atoms with Gasteiger partial charge in [-0.05, 0) is 63.0 Å². The van der Waals surface area contributed by atoms with Crippen molar-refractivity contribution in [2.75, 3.05) is 0 Å². The van der Waals surface area contributed by atoms with Crippen molar-refractivity contribution in [3.8, 4) is 5.69 Å². The molecule has 0 bridgehead atoms. The smallest absolute Gasteiger partial charge is 0.360 e. The Morgan fingerprint density at radius 1 is 1.02 bits per heavy atom. The van der Waals surface area contributed by atoms with E-state index in [2.05, 4.69) is 24.9 Å². The summed E-state index contributed by atoms with van der Waals surface area (Å²) < 4.78 is 60.1. The molecule has 1 aliphatic carbocycles. The zero-order valence-corrected chi connectivity index (χ0v) is 24.8. The minimum atomic E-state index is -4.45. The van der Waals surface area contributed by atoms with Crippen LogP contribution in [0, 0.1) is 0 Å². The van der Waals surface area contributed by atoms with E-state index in [9.17, 15) is 13.2 Å². The van der Waals surface area contributed by atoms with E-state index in [1.165, 1.54) is 13.0 Å². The van der Waals surface area contributed by atoms with Crippen molar-refractivity contribution in [1.82, 2.24) is 19.7 Å². The zero-order valence-electron chi connectivity index (χ0n) is 24.0. The Labute approximate surface area is 247 Å². The molecule has 2 aromatic carbocycles. The molecule has 0 saturated carbocycles. The van der Waals surface area contributed by atoms with Crippen molar-refractivity contribution in [2.24, 2.45) is 0 Å². The molecule has 0 saturated heterocycles. The maximum atomic E-state index is 16.3. The number of alkyl halides is 4. The highest BCUT2D eigenvalue weighted by molar-refractivity contribution is 6.32. The minimum absolute atomic E-state index is 0.105. The Hall–Kier alpha value is -3.36. The SMILES string of the molecule is CCc1cccc2c1-n1nc3c(c1C1(C)C2=CC(C)(F)c2[nH]cc(Cl)c21)CN(Cc1ccccc1C(F)(F)F)C3(C)C. The summed E-state index contributed by atoms with van der Waals surface area (Å²) in [6.07, 6.45) is -0.369. The number of allylic oxidation sites excluding steroid dienone is 2. The first-order valence-corrected chi connectivity index (χ1v) is 14.5. The molecule has 7 rings (SSSR count). The van der Waals surface area contributed by atoms with E-state index in [1.807, 2.05) is 35.6 Å². The largest absolute Gasteiger partial charge is 0.416 e. The summed E-state index contributed by atoms with van der Waals surface area (Å²) in [5, 5.41) is 5.67. The third-order valence-electron chi connectivity index (χ3n) is 9.64. The number of aromatic nitrogens is 3. The van der Waals surface area contributed by atoms with Gasteiger partial charge in [-0.25, -0.2) is 9.07 Å². The van der Waals surface area contributed by atoms with Crippen LogP contribution in [0.5, 0.6) is 0 Å². The van der Waals surface area contributed by atoms with Gasteiger partial charge in [0.15, 0.2) is 5.67 Å². The molecule has 2 aliphatic heterocycles. The van der Waals surface area contributed by atoms with E-state index in [0.29, 0.717) is 22.8 Å². The van der Waals surface area contributed by atoms with Crippen LogP contribution in [0.4, 0.5) is 17.6 Å². The number of aromatic amines is 1. The maximum Gasteiger partial charge on any atom is 0.416 e. The molecule has 218 valence electrons. The lowest BCUT2D eigenvalue weighted by Gasteiger charge is -2.44. The van der Waals surface area contributed by atoms with Crippen molar-refractivity contribution < 1.29 is 17.6 Å². The number of nitrogens with zero attached hydrogens (tertiary/aromatic N) is 3. The van der Waals surface area contributed by atoms with Gasteiger partial charge in [-0.3, -0.25) is 4.90 Å². The summed E-state index contributed by atoms with van der Waals surface area (Å²) in [7, 11) is 0. The predicted octanol–water partition coefficient (Wildman–Crippen LogP) is 8.59. The van der Waals surface area contributed by atoms with Gasteiger partial charge in [0, 0.05) is 36.0 Å². The van der Waals surface area contributed by atoms with Gasteiger partial charge in [-0.1, -0.05) is 54.9 Å². The van der Waals surface area contributed by atoms with Crippen molar-refractivity contribution in [3.63, 3.8) is 0 Å². The molecule has 4 nitrogen and oxygen atoms in total. The molecule has 2 unspecified atom stereocenters. The van der Waals surface area contributed by atoms with Crippen molar-refractivity contribution >= 4 is 17.2 Å². The molecule has 0 spiro atoms. The van der Waals surface area contributed by atoms with Gasteiger partial charge in [-0.15, -0.1) is 0 Å². The summed E-state index contributed by atoms with van der Waals surface area (Å²) in [5.41, 5.74) is 3.72. The van der Waals surface area contributed by atoms with Crippen molar-refractivity contribution in [3.05, 3.63) is 110 Å². The van der Waals surface area contributed by atoms with Gasteiger partial charge < -0.3 is 4.98 Å². The molecular weight excluding hydrogens is 564 g/mol. The van der Waals surface area contributed by atoms with Crippen LogP contribution in [0.3, 0.4) is 0 Å². The average Bonchev–Trinajstić information content (AvgIpc) is 3.58. The van der Waals surface area contributed by atoms with Gasteiger partial charge in [0.2, 0.25) is 0 Å². The molecule has 2 atom stereocenters. The van der Waals surface area contributed by atoms with Crippen LogP contribution in [-0.4, -0.2) is 19.7 Å². The van der Waals surface area contributed by atoms with E-state index in [1.54, 1.807) is 24.4 Å². The van der Waals surface area contributed by atoms with Crippen LogP contribution in [0.1, 0.15) is 85.1 Å². The Balaban J connectivity index is 1.47. The van der Waals surface area contributed by atoms with E-state index >= 15 is 4.39 Å². The van der Waals surface area contributed by atoms with Gasteiger partial charge in [0.25, 0.3) is 0 Å². The highest BCUT2D eigenvalue weighted by Crippen LogP contribution is 2.60. The number of H-pyrrole nitrogens is 1. The second-order valence-electron chi connectivity index (χ2n) is 12.5. The molecule has 0 amide bonds. The standard InChI is InChI=1S/C33H31ClF4N4/c1-6-18-11-9-12-20-23-14-31(4,35)28-25(24(34)15-39-28)32(23,5)29-21-17-41(30(2,3)27(21)40-42(29)26(18)20)16-19-10-7-8-13-22(19)33(36,37)38/h7-15,39H,6,16-17H2,1-5H3. The number of benzene rings is 2. The summed E-state index contributed by atoms with van der Waals surface area (Å²) in [5.74, 6) is 0. The van der Waals surface area contributed by atoms with Crippen LogP contribution in [0.25, 0.3) is 11.3 Å². The van der Waals surface area contributed by atoms with Gasteiger partial charge in [0.05, 0.1) is 44.3 Å². The second-order valence-corrected chi connectivity index (χ2v) is 12.9. The van der Waals surface area contributed by atoms with E-state index < -0.39 is 28.4 Å². The third kappa shape index (κ3) is 3.48. The Morgan fingerprint density at radius 3 is 2.45 bits per heavy atom. The first-order chi connectivity index (χ1) is 19.7. The second kappa shape index (κ2) is 8.60. The minimum Gasteiger partial charge on any atom is -0.360 e. The Morgan fingerprint density at radius 2 is 1.74 bits per heavy atom. The Kier molecular flexibility index (Phi) is 5.63. The summed E-state index contributed by atoms with van der Waals surface area (Å²) in [6, 6.07) is 11.8. The summed E-state index contributed by atoms with van der Waals surface area (Å²) >= 11 is 6.85. The van der Waals surface area contributed by atoms with Gasteiger partial charge in [0.1, 0.15) is 0 Å². The number of nitrogens with one attached hydrogen (secondary N) is 1. The van der Waals surface area contributed by atoms with Gasteiger partial charge in [-0.2, -0.15) is 18.3 Å². The molecule has 4 heterocycles. The number of fused-ring (bicyclic) bond motifs is 10. The molecule has 1 N–H and O–H groups in total. The zero-order chi connectivity index (χ0) is 30.0. The van der Waals surface area contributed by atoms with E-state index in [4.69, 9.17) is 16.7 Å². The van der Waals surface area contributed by atoms with Crippen LogP contribution in [0.2, 0.25) is 5.02 Å². The van der Waals surface area contributed by atoms with Crippen LogP contribution in [-0.2, 0) is 42.3 Å². The highest BCUT2D eigenvalue weighted by Gasteiger charge is 2.55. The number of hydrogen-bond donors (Lipinski definition) is 1. The quantitative estimate of drug-likeness (QED) is 0.241. The lowest BCUT2D eigenvalue weighted by molar-refractivity contribution is -0.138. The lowest BCUT2D eigenvalue weighted by atomic mass is 9.62. The first-order valence-electron chi connectivity index (χ1n) is 14.2. The fourth-order valence-corrected chi connectivity index (χ4v) is 7.87. The van der Waals surface area contributed by atoms with Crippen LogP contribution < -0.4 is 0 Å². The molecule has 9 heteroatoms. The fourth-order valence-electron chi connectivity index (χ4n) is 7.53. The molecule has 4 aromatic rings. The van der Waals surface area contributed by atoms with E-state index in [0.717, 1.165) is 51.8 Å². The average molecular weight is 595 g/mol. The normalized spacial score (nSPS) is 24.0. The topological polar surface area (TPSA) is 36.9 Å². The number of hydrogen-bond acceptors (Lipinski definition) is 2. The maximum absolute atomic E-state index is 16.3. The summed E-state index contributed by atoms with van der Waals surface area (Å²) in [4.78, 5) is 5.14. The monoisotopic (exact) mass is 594 g/mol. The van der Waals surface area contributed by atoms with Gasteiger partial charge >= 0.3 is 6.18 Å². The first kappa shape index (κ1) is 27.5. The molecule has 42 heavy (non-hydrogen) atoms. The third-order valence-corrected chi connectivity index (χ3v) is 9.94. The van der Waals surface area contributed by atoms with Crippen molar-refractivity contribution in [1.29, 1.82) is 0 Å². The molecular formula is C33H31ClF4N4. The number of halogens is 5. The number of para-hydroxylation sites is 1. The predicted molar refractivity (Wildman–Crippen MR) is 155 cm³/mol. The Bertz CT molecular complexity index is 1810. The lowest BCUT2D eigenvalue weighted by Crippen LogP contribution is -2.41. The van der Waals surface area contributed by atoms with Crippen molar-refractivity contribution in [2.45, 2.75) is 76.9 Å². The highest BCUT2D eigenvalue weighted by atomic mass is 35.5. The molecule has 3 aliphatic rings. The fraction of sp³-hybridized carbons (Fsp3) is 0.364. The molecule has 0 fully saturated rings. The van der Waals surface area contributed by atoms with Crippen LogP contribution in [0.15, 0.2) is 54.7 Å². The molecule has 0 radical (unpaired) electrons. The molecule has 2 aromatic heterocycles. The van der Waals surface area contributed by atoms with E-state index in [-0.39, 0.29) is 12.1 Å². The number of aryl methyl sites for hydroxylation is 1. The summed E-state index contributed by atoms with van der Waals surface area (Å²) in [6.45, 7) is 10.2. The number of rotatable bonds is 3. The van der Waals surface area contributed by atoms with Crippen LogP contribution >= 0.6 is 11.6 Å².